The summed E-state index contributed by atoms with van der Waals surface area (Å²) in [5.41, 5.74) is 5.39. The van der Waals surface area contributed by atoms with E-state index in [9.17, 15) is 0 Å². The topological polar surface area (TPSA) is 68.2 Å². The van der Waals surface area contributed by atoms with Gasteiger partial charge in [0.25, 0.3) is 0 Å². The van der Waals surface area contributed by atoms with Gasteiger partial charge in [-0.15, -0.1) is 5.10 Å². The lowest BCUT2D eigenvalue weighted by atomic mass is 10.2. The van der Waals surface area contributed by atoms with E-state index >= 15 is 0 Å². The maximum atomic E-state index is 5.39. The van der Waals surface area contributed by atoms with Crippen LogP contribution in [0.2, 0.25) is 0 Å². The Bertz CT molecular complexity index is 292. The summed E-state index contributed by atoms with van der Waals surface area (Å²) < 4.78 is 5.17. The van der Waals surface area contributed by atoms with Gasteiger partial charge >= 0.3 is 6.01 Å². The summed E-state index contributed by atoms with van der Waals surface area (Å²) in [6.45, 7) is 7.72. The fourth-order valence-corrected chi connectivity index (χ4v) is 1.72. The van der Waals surface area contributed by atoms with Crippen molar-refractivity contribution in [3.63, 3.8) is 0 Å². The summed E-state index contributed by atoms with van der Waals surface area (Å²) in [4.78, 5) is 2.47. The third-order valence-electron chi connectivity index (χ3n) is 2.78. The van der Waals surface area contributed by atoms with Crippen molar-refractivity contribution in [2.75, 3.05) is 25.4 Å². The highest BCUT2D eigenvalue weighted by atomic mass is 16.4. The van der Waals surface area contributed by atoms with Gasteiger partial charge in [-0.25, -0.2) is 0 Å². The lowest BCUT2D eigenvalue weighted by Gasteiger charge is -2.20. The highest BCUT2D eigenvalue weighted by Gasteiger charge is 2.07. The van der Waals surface area contributed by atoms with Crippen LogP contribution >= 0.6 is 0 Å². The standard InChI is InChI=1S/C12H24N4O/c1-3-5-8-16(9-6-4-2)10-7-11-14-15-12(13)17-11/h3-10H2,1-2H3,(H2,13,15). The van der Waals surface area contributed by atoms with Gasteiger partial charge in [-0.1, -0.05) is 31.8 Å². The minimum absolute atomic E-state index is 0.161. The number of nitrogens with zero attached hydrogens (tertiary/aromatic N) is 3. The molecule has 0 saturated carbocycles. The molecule has 0 bridgehead atoms. The van der Waals surface area contributed by atoms with Crippen molar-refractivity contribution in [2.24, 2.45) is 0 Å². The zero-order valence-corrected chi connectivity index (χ0v) is 11.0. The molecule has 1 aromatic heterocycles. The normalized spacial score (nSPS) is 11.2. The minimum atomic E-state index is 0.161. The lowest BCUT2D eigenvalue weighted by Crippen LogP contribution is -2.28. The number of rotatable bonds is 9. The lowest BCUT2D eigenvalue weighted by molar-refractivity contribution is 0.261. The molecule has 5 heteroatoms. The van der Waals surface area contributed by atoms with E-state index < -0.39 is 0 Å². The predicted octanol–water partition coefficient (Wildman–Crippen LogP) is 2.10. The first-order chi connectivity index (χ1) is 8.26. The largest absolute Gasteiger partial charge is 0.408 e. The van der Waals surface area contributed by atoms with Gasteiger partial charge in [0, 0.05) is 13.0 Å². The van der Waals surface area contributed by atoms with E-state index in [0.29, 0.717) is 5.89 Å². The number of unbranched alkanes of at least 4 members (excludes halogenated alkanes) is 2. The second kappa shape index (κ2) is 8.06. The molecule has 0 aliphatic carbocycles. The van der Waals surface area contributed by atoms with Gasteiger partial charge in [0.15, 0.2) is 0 Å². The quantitative estimate of drug-likeness (QED) is 0.716. The van der Waals surface area contributed by atoms with Crippen molar-refractivity contribution in [3.05, 3.63) is 5.89 Å². The van der Waals surface area contributed by atoms with Crippen molar-refractivity contribution < 1.29 is 4.42 Å². The molecule has 17 heavy (non-hydrogen) atoms. The molecule has 0 fully saturated rings. The number of anilines is 1. The molecule has 0 atom stereocenters. The Morgan fingerprint density at radius 1 is 1.06 bits per heavy atom. The second-order valence-electron chi connectivity index (χ2n) is 4.33. The van der Waals surface area contributed by atoms with Gasteiger partial charge in [0.2, 0.25) is 5.89 Å². The van der Waals surface area contributed by atoms with E-state index in [1.54, 1.807) is 0 Å². The fraction of sp³-hybridized carbons (Fsp3) is 0.833. The average molecular weight is 240 g/mol. The summed E-state index contributed by atoms with van der Waals surface area (Å²) in [5, 5.41) is 7.54. The van der Waals surface area contributed by atoms with Crippen molar-refractivity contribution >= 4 is 6.01 Å². The van der Waals surface area contributed by atoms with Crippen LogP contribution in [-0.4, -0.2) is 34.7 Å². The van der Waals surface area contributed by atoms with Gasteiger partial charge in [-0.05, 0) is 25.9 Å². The second-order valence-corrected chi connectivity index (χ2v) is 4.33. The number of hydrogen-bond acceptors (Lipinski definition) is 5. The Labute approximate surface area is 103 Å². The Hall–Kier alpha value is -1.10. The van der Waals surface area contributed by atoms with E-state index in [-0.39, 0.29) is 6.01 Å². The van der Waals surface area contributed by atoms with Crippen LogP contribution in [0, 0.1) is 0 Å². The zero-order valence-electron chi connectivity index (χ0n) is 11.0. The van der Waals surface area contributed by atoms with Crippen LogP contribution in [0.4, 0.5) is 6.01 Å². The summed E-state index contributed by atoms with van der Waals surface area (Å²) in [7, 11) is 0. The average Bonchev–Trinajstić information content (AvgIpc) is 2.74. The molecule has 0 spiro atoms. The van der Waals surface area contributed by atoms with E-state index in [0.717, 1.165) is 26.1 Å². The van der Waals surface area contributed by atoms with E-state index in [2.05, 4.69) is 28.9 Å². The van der Waals surface area contributed by atoms with E-state index in [1.807, 2.05) is 0 Å². The SMILES string of the molecule is CCCCN(CCCC)CCc1nnc(N)o1. The Kier molecular flexibility index (Phi) is 6.62. The van der Waals surface area contributed by atoms with Crippen LogP contribution in [-0.2, 0) is 6.42 Å². The molecule has 1 heterocycles. The molecule has 0 aliphatic heterocycles. The summed E-state index contributed by atoms with van der Waals surface area (Å²) in [6.07, 6.45) is 5.75. The van der Waals surface area contributed by atoms with Crippen LogP contribution in [0.1, 0.15) is 45.4 Å². The van der Waals surface area contributed by atoms with Crippen LogP contribution in [0.5, 0.6) is 0 Å². The first kappa shape index (κ1) is 14.0. The Balaban J connectivity index is 2.31. The van der Waals surface area contributed by atoms with Gasteiger partial charge in [-0.2, -0.15) is 0 Å². The van der Waals surface area contributed by atoms with Crippen molar-refractivity contribution in [2.45, 2.75) is 46.0 Å². The number of aromatic nitrogens is 2. The summed E-state index contributed by atoms with van der Waals surface area (Å²) in [5.74, 6) is 0.639. The molecule has 98 valence electrons. The van der Waals surface area contributed by atoms with Crippen LogP contribution in [0.25, 0.3) is 0 Å². The van der Waals surface area contributed by atoms with Gasteiger partial charge < -0.3 is 15.1 Å². The number of nitrogen functional groups attached to an aromatic ring is 1. The molecular formula is C12H24N4O. The monoisotopic (exact) mass is 240 g/mol. The van der Waals surface area contributed by atoms with Crippen molar-refractivity contribution in [1.29, 1.82) is 0 Å². The molecule has 1 rings (SSSR count). The molecule has 0 radical (unpaired) electrons. The molecule has 5 nitrogen and oxygen atoms in total. The molecule has 0 aliphatic rings. The molecule has 0 amide bonds. The van der Waals surface area contributed by atoms with Crippen LogP contribution in [0.3, 0.4) is 0 Å². The summed E-state index contributed by atoms with van der Waals surface area (Å²) in [6, 6.07) is 0.161. The maximum absolute atomic E-state index is 5.39. The third-order valence-corrected chi connectivity index (χ3v) is 2.78. The highest BCUT2D eigenvalue weighted by Crippen LogP contribution is 2.05. The first-order valence-corrected chi connectivity index (χ1v) is 6.56. The highest BCUT2D eigenvalue weighted by molar-refractivity contribution is 5.04. The molecular weight excluding hydrogens is 216 g/mol. The van der Waals surface area contributed by atoms with Gasteiger partial charge in [0.1, 0.15) is 0 Å². The van der Waals surface area contributed by atoms with Crippen molar-refractivity contribution in [1.82, 2.24) is 15.1 Å². The molecule has 1 aromatic rings. The van der Waals surface area contributed by atoms with Crippen LogP contribution < -0.4 is 5.73 Å². The molecule has 0 aromatic carbocycles. The predicted molar refractivity (Wildman–Crippen MR) is 68.7 cm³/mol. The Morgan fingerprint density at radius 2 is 1.71 bits per heavy atom. The zero-order chi connectivity index (χ0) is 12.5. The number of nitrogens with two attached hydrogens (primary N) is 1. The fourth-order valence-electron chi connectivity index (χ4n) is 1.72. The Morgan fingerprint density at radius 3 is 2.18 bits per heavy atom. The van der Waals surface area contributed by atoms with E-state index in [1.165, 1.54) is 25.7 Å². The first-order valence-electron chi connectivity index (χ1n) is 6.56. The maximum Gasteiger partial charge on any atom is 0.312 e. The summed E-state index contributed by atoms with van der Waals surface area (Å²) >= 11 is 0. The number of hydrogen-bond donors (Lipinski definition) is 1. The molecule has 0 unspecified atom stereocenters. The smallest absolute Gasteiger partial charge is 0.312 e. The minimum Gasteiger partial charge on any atom is -0.408 e. The van der Waals surface area contributed by atoms with Crippen LogP contribution in [0.15, 0.2) is 4.42 Å². The third kappa shape index (κ3) is 5.68. The van der Waals surface area contributed by atoms with Gasteiger partial charge in [0.05, 0.1) is 0 Å². The molecule has 0 saturated heterocycles. The van der Waals surface area contributed by atoms with E-state index in [4.69, 9.17) is 10.2 Å². The van der Waals surface area contributed by atoms with Gasteiger partial charge in [-0.3, -0.25) is 0 Å². The molecule has 2 N–H and O–H groups in total. The van der Waals surface area contributed by atoms with Crippen molar-refractivity contribution in [3.8, 4) is 0 Å².